The van der Waals surface area contributed by atoms with Crippen LogP contribution in [0, 0.1) is 0 Å². The third kappa shape index (κ3) is 4.27. The first kappa shape index (κ1) is 15.0. The van der Waals surface area contributed by atoms with Gasteiger partial charge in [0.25, 0.3) is 0 Å². The molecule has 2 rings (SSSR count). The van der Waals surface area contributed by atoms with E-state index in [4.69, 9.17) is 13.9 Å². The maximum absolute atomic E-state index is 11.3. The van der Waals surface area contributed by atoms with Crippen molar-refractivity contribution in [3.8, 4) is 11.5 Å². The van der Waals surface area contributed by atoms with Gasteiger partial charge in [-0.2, -0.15) is 0 Å². The van der Waals surface area contributed by atoms with E-state index in [9.17, 15) is 4.79 Å². The topological polar surface area (TPSA) is 57.9 Å². The molecule has 0 saturated heterocycles. The predicted octanol–water partition coefficient (Wildman–Crippen LogP) is 3.43. The van der Waals surface area contributed by atoms with Crippen LogP contribution < -0.4 is 9.47 Å². The van der Waals surface area contributed by atoms with E-state index in [2.05, 4.69) is 11.7 Å². The molecule has 0 atom stereocenters. The zero-order valence-corrected chi connectivity index (χ0v) is 12.1. The van der Waals surface area contributed by atoms with Gasteiger partial charge in [0.15, 0.2) is 0 Å². The van der Waals surface area contributed by atoms with Gasteiger partial charge >= 0.3 is 5.97 Å². The molecule has 21 heavy (non-hydrogen) atoms. The molecule has 0 fully saturated rings. The van der Waals surface area contributed by atoms with E-state index in [1.54, 1.807) is 12.1 Å². The molecular weight excluding hydrogens is 272 g/mol. The summed E-state index contributed by atoms with van der Waals surface area (Å²) in [6.45, 7) is 3.00. The van der Waals surface area contributed by atoms with E-state index >= 15 is 0 Å². The van der Waals surface area contributed by atoms with Gasteiger partial charge in [-0.25, -0.2) is 4.79 Å². The fraction of sp³-hybridized carbons (Fsp3) is 0.312. The summed E-state index contributed by atoms with van der Waals surface area (Å²) < 4.78 is 20.9. The fourth-order valence-electron chi connectivity index (χ4n) is 1.67. The van der Waals surface area contributed by atoms with Crippen molar-refractivity contribution >= 4 is 5.97 Å². The Balaban J connectivity index is 1.87. The summed E-state index contributed by atoms with van der Waals surface area (Å²) >= 11 is 0. The highest BCUT2D eigenvalue weighted by Gasteiger charge is 2.11. The van der Waals surface area contributed by atoms with Crippen LogP contribution in [0.1, 0.15) is 29.7 Å². The molecule has 0 radical (unpaired) electrons. The second-order valence-electron chi connectivity index (χ2n) is 4.37. The number of benzene rings is 1. The minimum Gasteiger partial charge on any atom is -0.494 e. The summed E-state index contributed by atoms with van der Waals surface area (Å²) in [6, 6.07) is 10.6. The summed E-state index contributed by atoms with van der Waals surface area (Å²) in [6.07, 6.45) is 0.972. The van der Waals surface area contributed by atoms with Crippen LogP contribution in [-0.4, -0.2) is 19.7 Å². The Morgan fingerprint density at radius 3 is 2.33 bits per heavy atom. The monoisotopic (exact) mass is 290 g/mol. The predicted molar refractivity (Wildman–Crippen MR) is 76.6 cm³/mol. The molecule has 2 aromatic rings. The average Bonchev–Trinajstić information content (AvgIpc) is 3.00. The van der Waals surface area contributed by atoms with Gasteiger partial charge in [0.2, 0.25) is 5.76 Å². The smallest absolute Gasteiger partial charge is 0.373 e. The van der Waals surface area contributed by atoms with Gasteiger partial charge in [-0.1, -0.05) is 6.92 Å². The van der Waals surface area contributed by atoms with Crippen molar-refractivity contribution in [1.29, 1.82) is 0 Å². The average molecular weight is 290 g/mol. The summed E-state index contributed by atoms with van der Waals surface area (Å²) in [5, 5.41) is 0. The summed E-state index contributed by atoms with van der Waals surface area (Å²) in [5.41, 5.74) is 0. The highest BCUT2D eigenvalue weighted by atomic mass is 16.5. The quantitative estimate of drug-likeness (QED) is 0.731. The highest BCUT2D eigenvalue weighted by molar-refractivity contribution is 5.86. The maximum Gasteiger partial charge on any atom is 0.373 e. The molecule has 0 aliphatic heterocycles. The molecule has 0 unspecified atom stereocenters. The lowest BCUT2D eigenvalue weighted by Gasteiger charge is -2.07. The van der Waals surface area contributed by atoms with Gasteiger partial charge in [0.1, 0.15) is 23.9 Å². The molecule has 1 aromatic carbocycles. The van der Waals surface area contributed by atoms with Crippen LogP contribution >= 0.6 is 0 Å². The molecule has 1 aromatic heterocycles. The number of ether oxygens (including phenoxy) is 3. The third-order valence-corrected chi connectivity index (χ3v) is 2.73. The molecule has 5 heteroatoms. The molecule has 0 aliphatic rings. The van der Waals surface area contributed by atoms with Crippen LogP contribution in [0.4, 0.5) is 0 Å². The van der Waals surface area contributed by atoms with Gasteiger partial charge in [-0.05, 0) is 42.8 Å². The fourth-order valence-corrected chi connectivity index (χ4v) is 1.67. The largest absolute Gasteiger partial charge is 0.494 e. The van der Waals surface area contributed by atoms with E-state index < -0.39 is 5.97 Å². The van der Waals surface area contributed by atoms with Gasteiger partial charge < -0.3 is 18.6 Å². The Morgan fingerprint density at radius 2 is 1.71 bits per heavy atom. The first-order valence-corrected chi connectivity index (χ1v) is 6.75. The molecule has 0 amide bonds. The Morgan fingerprint density at radius 1 is 1.05 bits per heavy atom. The number of hydrogen-bond donors (Lipinski definition) is 0. The summed E-state index contributed by atoms with van der Waals surface area (Å²) in [4.78, 5) is 11.3. The third-order valence-electron chi connectivity index (χ3n) is 2.73. The van der Waals surface area contributed by atoms with E-state index in [0.717, 1.165) is 12.2 Å². The summed E-state index contributed by atoms with van der Waals surface area (Å²) in [7, 11) is 1.31. The standard InChI is InChI=1S/C16H18O5/c1-3-10-19-12-4-6-13(7-5-12)20-11-14-8-9-15(21-14)16(17)18-2/h4-9H,3,10-11H2,1-2H3. The van der Waals surface area contributed by atoms with Crippen LogP contribution in [0.15, 0.2) is 40.8 Å². The van der Waals surface area contributed by atoms with Crippen LogP contribution in [0.25, 0.3) is 0 Å². The second kappa shape index (κ2) is 7.38. The number of hydrogen-bond acceptors (Lipinski definition) is 5. The second-order valence-corrected chi connectivity index (χ2v) is 4.37. The van der Waals surface area contributed by atoms with Gasteiger partial charge in [0.05, 0.1) is 13.7 Å². The Bertz CT molecular complexity index is 571. The van der Waals surface area contributed by atoms with Crippen molar-refractivity contribution in [2.75, 3.05) is 13.7 Å². The van der Waals surface area contributed by atoms with Crippen molar-refractivity contribution in [3.05, 3.63) is 47.9 Å². The van der Waals surface area contributed by atoms with Crippen LogP contribution in [0.2, 0.25) is 0 Å². The van der Waals surface area contributed by atoms with E-state index in [1.165, 1.54) is 7.11 Å². The molecule has 0 saturated carbocycles. The van der Waals surface area contributed by atoms with Crippen molar-refractivity contribution in [2.24, 2.45) is 0 Å². The van der Waals surface area contributed by atoms with Crippen LogP contribution in [0.5, 0.6) is 11.5 Å². The molecule has 0 bridgehead atoms. The maximum atomic E-state index is 11.3. The van der Waals surface area contributed by atoms with Crippen molar-refractivity contribution in [1.82, 2.24) is 0 Å². The Labute approximate surface area is 123 Å². The first-order valence-electron chi connectivity index (χ1n) is 6.75. The number of carbonyl (C=O) groups is 1. The Hall–Kier alpha value is -2.43. The van der Waals surface area contributed by atoms with Crippen LogP contribution in [0.3, 0.4) is 0 Å². The molecule has 1 heterocycles. The number of rotatable bonds is 7. The zero-order chi connectivity index (χ0) is 15.1. The van der Waals surface area contributed by atoms with Crippen molar-refractivity contribution < 1.29 is 23.4 Å². The summed E-state index contributed by atoms with van der Waals surface area (Å²) in [5.74, 6) is 1.74. The first-order chi connectivity index (χ1) is 10.2. The minimum atomic E-state index is -0.501. The van der Waals surface area contributed by atoms with Gasteiger partial charge in [-0.15, -0.1) is 0 Å². The van der Waals surface area contributed by atoms with Gasteiger partial charge in [0, 0.05) is 0 Å². The zero-order valence-electron chi connectivity index (χ0n) is 12.1. The van der Waals surface area contributed by atoms with E-state index in [0.29, 0.717) is 18.1 Å². The Kier molecular flexibility index (Phi) is 5.26. The molecule has 0 spiro atoms. The number of methoxy groups -OCH3 is 1. The van der Waals surface area contributed by atoms with Crippen molar-refractivity contribution in [2.45, 2.75) is 20.0 Å². The molecule has 5 nitrogen and oxygen atoms in total. The molecule has 112 valence electrons. The lowest BCUT2D eigenvalue weighted by Crippen LogP contribution is -1.99. The minimum absolute atomic E-state index is 0.166. The molecule has 0 N–H and O–H groups in total. The highest BCUT2D eigenvalue weighted by Crippen LogP contribution is 2.19. The lowest BCUT2D eigenvalue weighted by molar-refractivity contribution is 0.0561. The van der Waals surface area contributed by atoms with Crippen molar-refractivity contribution in [3.63, 3.8) is 0 Å². The number of carbonyl (C=O) groups excluding carboxylic acids is 1. The number of esters is 1. The SMILES string of the molecule is CCCOc1ccc(OCc2ccc(C(=O)OC)o2)cc1. The van der Waals surface area contributed by atoms with Gasteiger partial charge in [-0.3, -0.25) is 0 Å². The van der Waals surface area contributed by atoms with E-state index in [-0.39, 0.29) is 12.4 Å². The van der Waals surface area contributed by atoms with Crippen LogP contribution in [-0.2, 0) is 11.3 Å². The normalized spacial score (nSPS) is 10.2. The van der Waals surface area contributed by atoms with E-state index in [1.807, 2.05) is 24.3 Å². The molecular formula is C16H18O5. The lowest BCUT2D eigenvalue weighted by atomic mass is 10.3. The number of furan rings is 1. The molecule has 0 aliphatic carbocycles.